The van der Waals surface area contributed by atoms with Crippen LogP contribution in [-0.4, -0.2) is 16.1 Å². The van der Waals surface area contributed by atoms with Crippen LogP contribution in [0.4, 0.5) is 5.82 Å². The molecule has 1 amide bonds. The quantitative estimate of drug-likeness (QED) is 0.504. The van der Waals surface area contributed by atoms with E-state index in [1.165, 1.54) is 10.4 Å². The van der Waals surface area contributed by atoms with Crippen molar-refractivity contribution in [2.24, 2.45) is 5.73 Å². The summed E-state index contributed by atoms with van der Waals surface area (Å²) in [5, 5.41) is 10.1. The second-order valence-corrected chi connectivity index (χ2v) is 7.19. The van der Waals surface area contributed by atoms with Gasteiger partial charge in [0.05, 0.1) is 5.52 Å². The smallest absolute Gasteiger partial charge is 0.248 e. The fraction of sp³-hybridized carbons (Fsp3) is 0.100. The lowest BCUT2D eigenvalue weighted by Gasteiger charge is -2.05. The number of rotatable bonds is 5. The summed E-state index contributed by atoms with van der Waals surface area (Å²) in [5.74, 6) is 0.144. The number of nitrogen functional groups attached to an aromatic ring is 1. The second-order valence-electron chi connectivity index (χ2n) is 6.19. The van der Waals surface area contributed by atoms with Crippen LogP contribution in [0.3, 0.4) is 0 Å². The fourth-order valence-electron chi connectivity index (χ4n) is 3.12. The number of benzene rings is 2. The van der Waals surface area contributed by atoms with Gasteiger partial charge in [0.2, 0.25) is 5.91 Å². The largest absolute Gasteiger partial charge is 0.382 e. The Morgan fingerprint density at radius 3 is 2.77 bits per heavy atom. The Morgan fingerprint density at radius 1 is 1.08 bits per heavy atom. The second kappa shape index (κ2) is 6.65. The van der Waals surface area contributed by atoms with Crippen LogP contribution in [0.2, 0.25) is 0 Å². The molecule has 0 aliphatic heterocycles. The van der Waals surface area contributed by atoms with Crippen LogP contribution in [0.5, 0.6) is 0 Å². The summed E-state index contributed by atoms with van der Waals surface area (Å²) in [5.41, 5.74) is 16.1. The van der Waals surface area contributed by atoms with Gasteiger partial charge in [0, 0.05) is 15.8 Å². The fourth-order valence-corrected chi connectivity index (χ4v) is 4.02. The van der Waals surface area contributed by atoms with Gasteiger partial charge in [0.15, 0.2) is 5.82 Å². The molecule has 0 atom stereocenters. The Kier molecular flexibility index (Phi) is 4.18. The number of aromatic nitrogens is 2. The average Bonchev–Trinajstić information content (AvgIpc) is 3.27. The van der Waals surface area contributed by atoms with Gasteiger partial charge in [-0.15, -0.1) is 11.3 Å². The molecule has 0 spiro atoms. The number of amides is 1. The molecular formula is C20H18N4OS. The maximum atomic E-state index is 11.5. The minimum Gasteiger partial charge on any atom is -0.382 e. The van der Waals surface area contributed by atoms with Crippen LogP contribution >= 0.6 is 11.3 Å². The van der Waals surface area contributed by atoms with E-state index in [1.807, 2.05) is 24.3 Å². The SMILES string of the molecule is NC(=O)c1ccccc1CCc1cc(-c2ccc3c(N)n[nH]c3c2)cs1. The van der Waals surface area contributed by atoms with Crippen LogP contribution in [0, 0.1) is 0 Å². The number of hydrogen-bond donors (Lipinski definition) is 3. The number of anilines is 1. The molecular weight excluding hydrogens is 344 g/mol. The summed E-state index contributed by atoms with van der Waals surface area (Å²) >= 11 is 1.72. The van der Waals surface area contributed by atoms with E-state index >= 15 is 0 Å². The number of hydrogen-bond acceptors (Lipinski definition) is 4. The van der Waals surface area contributed by atoms with Crippen molar-refractivity contribution in [3.63, 3.8) is 0 Å². The van der Waals surface area contributed by atoms with E-state index in [-0.39, 0.29) is 5.91 Å². The molecule has 4 rings (SSSR count). The summed E-state index contributed by atoms with van der Waals surface area (Å²) in [6, 6.07) is 15.8. The number of nitrogens with one attached hydrogen (secondary N) is 1. The van der Waals surface area contributed by atoms with Gasteiger partial charge in [-0.1, -0.05) is 24.3 Å². The van der Waals surface area contributed by atoms with E-state index in [2.05, 4.69) is 33.8 Å². The summed E-state index contributed by atoms with van der Waals surface area (Å²) in [4.78, 5) is 12.8. The molecule has 2 aromatic heterocycles. The lowest BCUT2D eigenvalue weighted by Crippen LogP contribution is -2.13. The van der Waals surface area contributed by atoms with Crippen LogP contribution < -0.4 is 11.5 Å². The van der Waals surface area contributed by atoms with E-state index in [1.54, 1.807) is 17.4 Å². The number of nitrogens with zero attached hydrogens (tertiary/aromatic N) is 1. The van der Waals surface area contributed by atoms with Gasteiger partial charge in [-0.05, 0) is 59.2 Å². The first-order valence-corrected chi connectivity index (χ1v) is 9.19. The number of aryl methyl sites for hydroxylation is 2. The molecule has 0 unspecified atom stereocenters. The zero-order chi connectivity index (χ0) is 18.1. The first kappa shape index (κ1) is 16.4. The monoisotopic (exact) mass is 362 g/mol. The molecule has 2 heterocycles. The molecule has 130 valence electrons. The van der Waals surface area contributed by atoms with Crippen LogP contribution in [0.1, 0.15) is 20.8 Å². The van der Waals surface area contributed by atoms with Crippen molar-refractivity contribution in [2.75, 3.05) is 5.73 Å². The van der Waals surface area contributed by atoms with E-state index < -0.39 is 0 Å². The number of aromatic amines is 1. The molecule has 0 aliphatic carbocycles. The Bertz CT molecular complexity index is 1100. The van der Waals surface area contributed by atoms with Crippen molar-refractivity contribution in [1.29, 1.82) is 0 Å². The van der Waals surface area contributed by atoms with Crippen molar-refractivity contribution in [1.82, 2.24) is 10.2 Å². The van der Waals surface area contributed by atoms with Gasteiger partial charge in [-0.2, -0.15) is 5.10 Å². The van der Waals surface area contributed by atoms with Crippen molar-refractivity contribution >= 4 is 34.0 Å². The molecule has 4 aromatic rings. The molecule has 5 nitrogen and oxygen atoms in total. The van der Waals surface area contributed by atoms with E-state index in [9.17, 15) is 4.79 Å². The Hall–Kier alpha value is -3.12. The highest BCUT2D eigenvalue weighted by molar-refractivity contribution is 7.10. The molecule has 0 saturated carbocycles. The first-order chi connectivity index (χ1) is 12.6. The summed E-state index contributed by atoms with van der Waals surface area (Å²) in [6.07, 6.45) is 1.66. The zero-order valence-electron chi connectivity index (χ0n) is 14.0. The van der Waals surface area contributed by atoms with Crippen LogP contribution in [-0.2, 0) is 12.8 Å². The van der Waals surface area contributed by atoms with Gasteiger partial charge < -0.3 is 11.5 Å². The van der Waals surface area contributed by atoms with Gasteiger partial charge in [0.1, 0.15) is 0 Å². The summed E-state index contributed by atoms with van der Waals surface area (Å²) in [7, 11) is 0. The van der Waals surface area contributed by atoms with E-state index in [0.29, 0.717) is 11.4 Å². The maximum Gasteiger partial charge on any atom is 0.248 e. The number of thiophene rings is 1. The van der Waals surface area contributed by atoms with E-state index in [4.69, 9.17) is 11.5 Å². The molecule has 5 N–H and O–H groups in total. The number of carbonyl (C=O) groups is 1. The molecule has 0 fully saturated rings. The third kappa shape index (κ3) is 3.07. The highest BCUT2D eigenvalue weighted by atomic mass is 32.1. The number of nitrogens with two attached hydrogens (primary N) is 2. The predicted molar refractivity (Wildman–Crippen MR) is 106 cm³/mol. The third-order valence-corrected chi connectivity index (χ3v) is 5.50. The lowest BCUT2D eigenvalue weighted by atomic mass is 10.0. The van der Waals surface area contributed by atoms with Crippen molar-refractivity contribution in [3.05, 3.63) is 69.9 Å². The topological polar surface area (TPSA) is 97.8 Å². The van der Waals surface area contributed by atoms with Gasteiger partial charge >= 0.3 is 0 Å². The normalized spacial score (nSPS) is 11.1. The molecule has 0 radical (unpaired) electrons. The van der Waals surface area contributed by atoms with Crippen LogP contribution in [0.25, 0.3) is 22.0 Å². The molecule has 6 heteroatoms. The maximum absolute atomic E-state index is 11.5. The predicted octanol–water partition coefficient (Wildman–Crippen LogP) is 3.76. The van der Waals surface area contributed by atoms with E-state index in [0.717, 1.165) is 34.9 Å². The third-order valence-electron chi connectivity index (χ3n) is 4.50. The number of H-pyrrole nitrogens is 1. The van der Waals surface area contributed by atoms with Gasteiger partial charge in [-0.25, -0.2) is 0 Å². The van der Waals surface area contributed by atoms with Gasteiger partial charge in [0.25, 0.3) is 0 Å². The molecule has 0 bridgehead atoms. The molecule has 26 heavy (non-hydrogen) atoms. The Morgan fingerprint density at radius 2 is 1.92 bits per heavy atom. The zero-order valence-corrected chi connectivity index (χ0v) is 14.8. The van der Waals surface area contributed by atoms with Gasteiger partial charge in [-0.3, -0.25) is 9.89 Å². The standard InChI is InChI=1S/C20H18N4OS/c21-19-17-8-6-13(10-18(17)23-24-19)14-9-15(26-11-14)7-5-12-3-1-2-4-16(12)20(22)25/h1-4,6,8-11H,5,7H2,(H2,22,25)(H3,21,23,24). The number of primary amides is 1. The average molecular weight is 362 g/mol. The first-order valence-electron chi connectivity index (χ1n) is 8.31. The van der Waals surface area contributed by atoms with Crippen molar-refractivity contribution in [2.45, 2.75) is 12.8 Å². The number of fused-ring (bicyclic) bond motifs is 1. The minimum absolute atomic E-state index is 0.375. The molecule has 0 saturated heterocycles. The summed E-state index contributed by atoms with van der Waals surface area (Å²) < 4.78 is 0. The molecule has 0 aliphatic rings. The lowest BCUT2D eigenvalue weighted by molar-refractivity contribution is 0.0999. The highest BCUT2D eigenvalue weighted by Gasteiger charge is 2.10. The highest BCUT2D eigenvalue weighted by Crippen LogP contribution is 2.30. The van der Waals surface area contributed by atoms with Crippen molar-refractivity contribution in [3.8, 4) is 11.1 Å². The molecule has 2 aromatic carbocycles. The van der Waals surface area contributed by atoms with Crippen LogP contribution in [0.15, 0.2) is 53.9 Å². The minimum atomic E-state index is -0.375. The number of carbonyl (C=O) groups excluding carboxylic acids is 1. The van der Waals surface area contributed by atoms with Crippen molar-refractivity contribution < 1.29 is 4.79 Å². The Balaban J connectivity index is 1.53. The Labute approximate surface area is 154 Å². The summed E-state index contributed by atoms with van der Waals surface area (Å²) in [6.45, 7) is 0.